The average molecular weight is 444 g/mol. The highest BCUT2D eigenvalue weighted by Crippen LogP contribution is 2.32. The van der Waals surface area contributed by atoms with E-state index in [4.69, 9.17) is 9.15 Å². The normalized spacial score (nSPS) is 11.0. The van der Waals surface area contributed by atoms with E-state index < -0.39 is 11.9 Å². The van der Waals surface area contributed by atoms with Gasteiger partial charge in [0.1, 0.15) is 22.7 Å². The van der Waals surface area contributed by atoms with Crippen LogP contribution in [0.1, 0.15) is 18.5 Å². The quantitative estimate of drug-likeness (QED) is 0.235. The van der Waals surface area contributed by atoms with Crippen LogP contribution in [0.5, 0.6) is 11.5 Å². The predicted octanol–water partition coefficient (Wildman–Crippen LogP) is 7.52. The van der Waals surface area contributed by atoms with Gasteiger partial charge in [0.15, 0.2) is 5.58 Å². The molecule has 4 aromatic rings. The minimum atomic E-state index is -4.47. The molecule has 2 aromatic carbocycles. The molecule has 160 valence electrons. The molecule has 0 N–H and O–H groups in total. The SMILES string of the molecule is C=CC.FC(F)(F)c1cc(SCc2nc3ccc(Oc4ccccc4)cc3o2)ccn1. The Labute approximate surface area is 181 Å². The fraction of sp³-hybridized carbons (Fsp3) is 0.130. The molecule has 0 bridgehead atoms. The standard InChI is InChI=1S/C20H13F3N2O2S.C3H6/c21-20(22,23)18-11-15(8-9-24-18)28-12-19-25-16-7-6-14(10-17(16)27-19)26-13-4-2-1-3-5-13;1-3-2/h1-11H,12H2;3H,1H2,2H3. The number of aromatic nitrogens is 2. The highest BCUT2D eigenvalue weighted by Gasteiger charge is 2.32. The lowest BCUT2D eigenvalue weighted by Gasteiger charge is -2.06. The number of para-hydroxylation sites is 1. The molecule has 0 unspecified atom stereocenters. The van der Waals surface area contributed by atoms with Crippen molar-refractivity contribution >= 4 is 22.9 Å². The summed E-state index contributed by atoms with van der Waals surface area (Å²) in [5.41, 5.74) is 0.286. The molecule has 2 aromatic heterocycles. The second kappa shape index (κ2) is 10.2. The smallest absolute Gasteiger partial charge is 0.433 e. The summed E-state index contributed by atoms with van der Waals surface area (Å²) in [7, 11) is 0. The van der Waals surface area contributed by atoms with Gasteiger partial charge in [-0.25, -0.2) is 4.98 Å². The lowest BCUT2D eigenvalue weighted by Crippen LogP contribution is -2.07. The first-order valence-electron chi connectivity index (χ1n) is 9.24. The summed E-state index contributed by atoms with van der Waals surface area (Å²) in [6, 6.07) is 17.2. The average Bonchev–Trinajstić information content (AvgIpc) is 3.15. The van der Waals surface area contributed by atoms with E-state index in [1.807, 2.05) is 37.3 Å². The molecule has 31 heavy (non-hydrogen) atoms. The minimum absolute atomic E-state index is 0.296. The van der Waals surface area contributed by atoms with Gasteiger partial charge < -0.3 is 9.15 Å². The van der Waals surface area contributed by atoms with E-state index in [9.17, 15) is 13.2 Å². The van der Waals surface area contributed by atoms with Crippen LogP contribution in [-0.2, 0) is 11.9 Å². The number of allylic oxidation sites excluding steroid dienone is 1. The van der Waals surface area contributed by atoms with Crippen molar-refractivity contribution in [1.29, 1.82) is 0 Å². The van der Waals surface area contributed by atoms with Crippen LogP contribution in [0, 0.1) is 0 Å². The maximum atomic E-state index is 12.8. The number of nitrogens with zero attached hydrogens (tertiary/aromatic N) is 2. The molecule has 0 aliphatic rings. The fourth-order valence-electron chi connectivity index (χ4n) is 2.50. The Bertz CT molecular complexity index is 1140. The number of ether oxygens (including phenoxy) is 1. The lowest BCUT2D eigenvalue weighted by atomic mass is 10.3. The van der Waals surface area contributed by atoms with E-state index in [-0.39, 0.29) is 0 Å². The summed E-state index contributed by atoms with van der Waals surface area (Å²) >= 11 is 1.20. The summed E-state index contributed by atoms with van der Waals surface area (Å²) in [6.45, 7) is 5.25. The number of thioether (sulfide) groups is 1. The Morgan fingerprint density at radius 3 is 2.52 bits per heavy atom. The van der Waals surface area contributed by atoms with E-state index in [0.29, 0.717) is 39.1 Å². The maximum Gasteiger partial charge on any atom is 0.433 e. The van der Waals surface area contributed by atoms with Gasteiger partial charge in [0, 0.05) is 17.2 Å². The molecular weight excluding hydrogens is 425 g/mol. The summed E-state index contributed by atoms with van der Waals surface area (Å²) in [5.74, 6) is 2.03. The molecule has 0 atom stereocenters. The van der Waals surface area contributed by atoms with E-state index in [0.717, 1.165) is 12.3 Å². The zero-order valence-corrected chi connectivity index (χ0v) is 17.4. The molecule has 2 heterocycles. The molecule has 8 heteroatoms. The number of benzene rings is 2. The number of pyridine rings is 1. The third-order valence-electron chi connectivity index (χ3n) is 3.77. The number of rotatable bonds is 5. The van der Waals surface area contributed by atoms with Gasteiger partial charge in [0.2, 0.25) is 5.89 Å². The number of fused-ring (bicyclic) bond motifs is 1. The second-order valence-corrected chi connectivity index (χ2v) is 7.27. The van der Waals surface area contributed by atoms with Gasteiger partial charge >= 0.3 is 6.18 Å². The molecule has 0 aliphatic heterocycles. The van der Waals surface area contributed by atoms with Crippen LogP contribution in [0.3, 0.4) is 0 Å². The molecule has 4 rings (SSSR count). The van der Waals surface area contributed by atoms with Crippen molar-refractivity contribution in [3.63, 3.8) is 0 Å². The molecule has 0 amide bonds. The topological polar surface area (TPSA) is 48.2 Å². The highest BCUT2D eigenvalue weighted by molar-refractivity contribution is 7.98. The van der Waals surface area contributed by atoms with Crippen LogP contribution >= 0.6 is 11.8 Å². The van der Waals surface area contributed by atoms with Crippen LogP contribution in [-0.4, -0.2) is 9.97 Å². The third kappa shape index (κ3) is 6.36. The van der Waals surface area contributed by atoms with Gasteiger partial charge in [-0.3, -0.25) is 4.98 Å². The Balaban J connectivity index is 0.000000858. The van der Waals surface area contributed by atoms with Crippen LogP contribution in [0.25, 0.3) is 11.1 Å². The first-order chi connectivity index (χ1) is 14.9. The summed E-state index contributed by atoms with van der Waals surface area (Å²) < 4.78 is 49.7. The van der Waals surface area contributed by atoms with Crippen molar-refractivity contribution in [1.82, 2.24) is 9.97 Å². The number of halogens is 3. The zero-order chi connectivity index (χ0) is 22.3. The van der Waals surface area contributed by atoms with Crippen molar-refractivity contribution in [2.45, 2.75) is 23.7 Å². The van der Waals surface area contributed by atoms with Gasteiger partial charge in [-0.2, -0.15) is 13.2 Å². The molecule has 0 saturated carbocycles. The number of oxazole rings is 1. The van der Waals surface area contributed by atoms with E-state index in [1.54, 1.807) is 24.3 Å². The van der Waals surface area contributed by atoms with Crippen molar-refractivity contribution in [2.24, 2.45) is 0 Å². The summed E-state index contributed by atoms with van der Waals surface area (Å²) in [6.07, 6.45) is -1.58. The molecule has 0 radical (unpaired) electrons. The van der Waals surface area contributed by atoms with Crippen LogP contribution in [0.2, 0.25) is 0 Å². The first kappa shape index (κ1) is 22.4. The fourth-order valence-corrected chi connectivity index (χ4v) is 3.27. The predicted molar refractivity (Wildman–Crippen MR) is 115 cm³/mol. The maximum absolute atomic E-state index is 12.8. The van der Waals surface area contributed by atoms with Gasteiger partial charge in [-0.05, 0) is 43.3 Å². The molecule has 4 nitrogen and oxygen atoms in total. The zero-order valence-electron chi connectivity index (χ0n) is 16.6. The van der Waals surface area contributed by atoms with Crippen LogP contribution in [0.4, 0.5) is 13.2 Å². The minimum Gasteiger partial charge on any atom is -0.457 e. The monoisotopic (exact) mass is 444 g/mol. The summed E-state index contributed by atoms with van der Waals surface area (Å²) in [5, 5.41) is 0. The van der Waals surface area contributed by atoms with Gasteiger partial charge in [-0.15, -0.1) is 18.3 Å². The Morgan fingerprint density at radius 1 is 1.06 bits per heavy atom. The lowest BCUT2D eigenvalue weighted by molar-refractivity contribution is -0.141. The van der Waals surface area contributed by atoms with Crippen molar-refractivity contribution < 1.29 is 22.3 Å². The van der Waals surface area contributed by atoms with Crippen LogP contribution in [0.15, 0.2) is 88.8 Å². The van der Waals surface area contributed by atoms with Gasteiger partial charge in [0.05, 0.1) is 5.75 Å². The third-order valence-corrected chi connectivity index (χ3v) is 4.75. The van der Waals surface area contributed by atoms with E-state index in [1.165, 1.54) is 17.8 Å². The Hall–Kier alpha value is -3.26. The Morgan fingerprint density at radius 2 is 1.81 bits per heavy atom. The molecule has 0 fully saturated rings. The van der Waals surface area contributed by atoms with Crippen LogP contribution < -0.4 is 4.74 Å². The van der Waals surface area contributed by atoms with Crippen molar-refractivity contribution in [2.75, 3.05) is 0 Å². The van der Waals surface area contributed by atoms with Gasteiger partial charge in [0.25, 0.3) is 0 Å². The molecular formula is C23H19F3N2O2S. The van der Waals surface area contributed by atoms with E-state index >= 15 is 0 Å². The first-order valence-corrected chi connectivity index (χ1v) is 10.2. The van der Waals surface area contributed by atoms with Gasteiger partial charge in [-0.1, -0.05) is 24.3 Å². The molecule has 0 aliphatic carbocycles. The van der Waals surface area contributed by atoms with Crippen molar-refractivity contribution in [3.05, 3.63) is 91.1 Å². The number of hydrogen-bond donors (Lipinski definition) is 0. The summed E-state index contributed by atoms with van der Waals surface area (Å²) in [4.78, 5) is 8.16. The van der Waals surface area contributed by atoms with E-state index in [2.05, 4.69) is 16.5 Å². The largest absolute Gasteiger partial charge is 0.457 e. The highest BCUT2D eigenvalue weighted by atomic mass is 32.2. The Kier molecular flexibility index (Phi) is 7.36. The van der Waals surface area contributed by atoms with Crippen molar-refractivity contribution in [3.8, 4) is 11.5 Å². The number of alkyl halides is 3. The molecule has 0 spiro atoms. The second-order valence-electron chi connectivity index (χ2n) is 6.22. The molecule has 0 saturated heterocycles. The number of hydrogen-bond acceptors (Lipinski definition) is 5.